The average molecular weight is 402 g/mol. The molecule has 10 heteroatoms. The van der Waals surface area contributed by atoms with Crippen LogP contribution in [0.3, 0.4) is 0 Å². The molecule has 0 spiro atoms. The van der Waals surface area contributed by atoms with E-state index in [1.54, 1.807) is 12.1 Å². The summed E-state index contributed by atoms with van der Waals surface area (Å²) in [5, 5.41) is 4.13. The molecule has 1 aromatic heterocycles. The van der Waals surface area contributed by atoms with Crippen LogP contribution >= 0.6 is 11.3 Å². The van der Waals surface area contributed by atoms with Crippen LogP contribution in [-0.4, -0.2) is 36.0 Å². The van der Waals surface area contributed by atoms with Gasteiger partial charge in [0.05, 0.1) is 18.7 Å². The number of anilines is 1. The second-order valence-electron chi connectivity index (χ2n) is 5.81. The Hall–Kier alpha value is -2.46. The first-order chi connectivity index (χ1) is 12.8. The number of amides is 2. The molecule has 144 valence electrons. The molecule has 1 aliphatic heterocycles. The number of rotatable bonds is 4. The summed E-state index contributed by atoms with van der Waals surface area (Å²) in [4.78, 5) is 26.9. The van der Waals surface area contributed by atoms with Crippen molar-refractivity contribution in [3.05, 3.63) is 52.0 Å². The van der Waals surface area contributed by atoms with E-state index in [0.29, 0.717) is 12.1 Å². The number of carbonyl (C=O) groups excluding carboxylic acids is 2. The summed E-state index contributed by atoms with van der Waals surface area (Å²) >= 11 is 1.41. The molecule has 1 atom stereocenters. The Balaban J connectivity index is 1.78. The predicted octanol–water partition coefficient (Wildman–Crippen LogP) is 3.27. The Morgan fingerprint density at radius 1 is 1.33 bits per heavy atom. The molecule has 0 bridgehead atoms. The largest absolute Gasteiger partial charge is 0.419 e. The van der Waals surface area contributed by atoms with Crippen LogP contribution in [0.25, 0.3) is 0 Å². The third kappa shape index (κ3) is 4.45. The van der Waals surface area contributed by atoms with Gasteiger partial charge in [0.25, 0.3) is 0 Å². The van der Waals surface area contributed by atoms with Crippen LogP contribution in [0.4, 0.5) is 23.2 Å². The number of hydrogen-bond acceptors (Lipinski definition) is 4. The molecule has 2 amide bonds. The van der Waals surface area contributed by atoms with Crippen LogP contribution < -0.4 is 5.32 Å². The van der Waals surface area contributed by atoms with Crippen LogP contribution in [0.1, 0.15) is 10.4 Å². The third-order valence-corrected chi connectivity index (χ3v) is 4.81. The van der Waals surface area contributed by atoms with Gasteiger partial charge in [-0.3, -0.25) is 9.59 Å². The van der Waals surface area contributed by atoms with Crippen molar-refractivity contribution in [3.63, 3.8) is 0 Å². The van der Waals surface area contributed by atoms with E-state index in [0.717, 1.165) is 10.9 Å². The van der Waals surface area contributed by atoms with E-state index >= 15 is 0 Å². The maximum Gasteiger partial charge on any atom is 0.419 e. The van der Waals surface area contributed by atoms with Gasteiger partial charge >= 0.3 is 6.18 Å². The van der Waals surface area contributed by atoms with Crippen molar-refractivity contribution < 1.29 is 31.9 Å². The van der Waals surface area contributed by atoms with Crippen LogP contribution in [0.5, 0.6) is 0 Å². The van der Waals surface area contributed by atoms with Gasteiger partial charge < -0.3 is 15.0 Å². The second kappa shape index (κ2) is 7.65. The Morgan fingerprint density at radius 3 is 2.78 bits per heavy atom. The van der Waals surface area contributed by atoms with Crippen molar-refractivity contribution in [2.45, 2.75) is 18.8 Å². The first-order valence-electron chi connectivity index (χ1n) is 7.83. The van der Waals surface area contributed by atoms with E-state index < -0.39 is 35.4 Å². The van der Waals surface area contributed by atoms with Crippen molar-refractivity contribution >= 4 is 28.8 Å². The summed E-state index contributed by atoms with van der Waals surface area (Å²) in [5.74, 6) is -2.54. The van der Waals surface area contributed by atoms with E-state index in [9.17, 15) is 27.2 Å². The molecule has 1 N–H and O–H groups in total. The number of morpholine rings is 1. The van der Waals surface area contributed by atoms with E-state index in [1.807, 2.05) is 5.38 Å². The number of nitrogens with one attached hydrogen (secondary N) is 1. The van der Waals surface area contributed by atoms with E-state index in [-0.39, 0.29) is 25.4 Å². The summed E-state index contributed by atoms with van der Waals surface area (Å²) in [6.07, 6.45) is -4.89. The number of alkyl halides is 3. The predicted molar refractivity (Wildman–Crippen MR) is 89.5 cm³/mol. The summed E-state index contributed by atoms with van der Waals surface area (Å²) in [6, 6.07) is 4.77. The summed E-state index contributed by atoms with van der Waals surface area (Å²) in [6.45, 7) is -0.0740. The Kier molecular flexibility index (Phi) is 5.47. The summed E-state index contributed by atoms with van der Waals surface area (Å²) < 4.78 is 57.0. The normalized spacial score (nSPS) is 17.9. The number of ether oxygens (including phenoxy) is 1. The van der Waals surface area contributed by atoms with E-state index in [1.165, 1.54) is 16.2 Å². The number of hydrogen-bond donors (Lipinski definition) is 1. The number of carbonyl (C=O) groups is 2. The number of nitrogens with zero attached hydrogens (tertiary/aromatic N) is 1. The lowest BCUT2D eigenvalue weighted by atomic mass is 10.1. The second-order valence-corrected chi connectivity index (χ2v) is 6.85. The molecule has 2 aromatic rings. The molecule has 1 aliphatic rings. The third-order valence-electron chi connectivity index (χ3n) is 3.95. The summed E-state index contributed by atoms with van der Waals surface area (Å²) in [7, 11) is 0. The van der Waals surface area contributed by atoms with Gasteiger partial charge in [-0.25, -0.2) is 4.39 Å². The maximum absolute atomic E-state index is 13.4. The molecule has 2 heterocycles. The number of thiophene rings is 1. The molecule has 1 aromatic carbocycles. The fraction of sp³-hybridized carbons (Fsp3) is 0.294. The van der Waals surface area contributed by atoms with Crippen molar-refractivity contribution in [1.29, 1.82) is 0 Å². The van der Waals surface area contributed by atoms with Gasteiger partial charge in [0.1, 0.15) is 18.5 Å². The Morgan fingerprint density at radius 2 is 2.11 bits per heavy atom. The minimum atomic E-state index is -4.89. The zero-order valence-electron chi connectivity index (χ0n) is 13.8. The monoisotopic (exact) mass is 402 g/mol. The minimum absolute atomic E-state index is 0.0870. The lowest BCUT2D eigenvalue weighted by molar-refractivity contribution is -0.153. The van der Waals surface area contributed by atoms with Gasteiger partial charge in [-0.05, 0) is 29.6 Å². The van der Waals surface area contributed by atoms with Crippen molar-refractivity contribution in [1.82, 2.24) is 4.90 Å². The number of halogens is 4. The van der Waals surface area contributed by atoms with Crippen molar-refractivity contribution in [2.24, 2.45) is 0 Å². The first-order valence-corrected chi connectivity index (χ1v) is 8.71. The van der Waals surface area contributed by atoms with E-state index in [2.05, 4.69) is 5.32 Å². The van der Waals surface area contributed by atoms with Crippen molar-refractivity contribution in [2.75, 3.05) is 18.5 Å². The Labute approximate surface area is 155 Å². The van der Waals surface area contributed by atoms with Gasteiger partial charge in [0.2, 0.25) is 11.8 Å². The summed E-state index contributed by atoms with van der Waals surface area (Å²) in [5.41, 5.74) is -1.70. The average Bonchev–Trinajstić information content (AvgIpc) is 3.10. The SMILES string of the molecule is O=C(Nc1ccc(F)c(C(F)(F)F)c1)[C@H]1COCC(=O)N1Cc1cccs1. The standard InChI is InChI=1S/C17H14F4N2O3S/c18-13-4-3-10(6-12(13)17(19,20)21)22-16(25)14-8-26-9-15(24)23(14)7-11-2-1-5-27-11/h1-6,14H,7-9H2,(H,22,25)/t14-/m1/s1. The molecule has 0 radical (unpaired) electrons. The van der Waals surface area contributed by atoms with Crippen LogP contribution in [0, 0.1) is 5.82 Å². The topological polar surface area (TPSA) is 58.6 Å². The molecule has 1 saturated heterocycles. The van der Waals surface area contributed by atoms with Gasteiger partial charge in [-0.2, -0.15) is 13.2 Å². The highest BCUT2D eigenvalue weighted by molar-refractivity contribution is 7.09. The van der Waals surface area contributed by atoms with Crippen LogP contribution in [0.2, 0.25) is 0 Å². The zero-order valence-corrected chi connectivity index (χ0v) is 14.6. The molecular weight excluding hydrogens is 388 g/mol. The number of benzene rings is 1. The van der Waals surface area contributed by atoms with Gasteiger partial charge in [0, 0.05) is 10.6 Å². The molecule has 0 aliphatic carbocycles. The molecule has 1 fully saturated rings. The molecular formula is C17H14F4N2O3S. The Bertz CT molecular complexity index is 839. The minimum Gasteiger partial charge on any atom is -0.369 e. The maximum atomic E-state index is 13.4. The highest BCUT2D eigenvalue weighted by atomic mass is 32.1. The fourth-order valence-electron chi connectivity index (χ4n) is 2.64. The zero-order chi connectivity index (χ0) is 19.6. The fourth-order valence-corrected chi connectivity index (χ4v) is 3.34. The highest BCUT2D eigenvalue weighted by Gasteiger charge is 2.36. The van der Waals surface area contributed by atoms with Crippen LogP contribution in [0.15, 0.2) is 35.7 Å². The molecule has 27 heavy (non-hydrogen) atoms. The van der Waals surface area contributed by atoms with Crippen molar-refractivity contribution in [3.8, 4) is 0 Å². The van der Waals surface area contributed by atoms with Gasteiger partial charge in [-0.15, -0.1) is 11.3 Å². The van der Waals surface area contributed by atoms with E-state index in [4.69, 9.17) is 4.74 Å². The smallest absolute Gasteiger partial charge is 0.369 e. The highest BCUT2D eigenvalue weighted by Crippen LogP contribution is 2.33. The van der Waals surface area contributed by atoms with Gasteiger partial charge in [0.15, 0.2) is 0 Å². The molecule has 5 nitrogen and oxygen atoms in total. The van der Waals surface area contributed by atoms with Gasteiger partial charge in [-0.1, -0.05) is 6.07 Å². The molecule has 0 saturated carbocycles. The van der Waals surface area contributed by atoms with Crippen LogP contribution in [-0.2, 0) is 27.0 Å². The first kappa shape index (κ1) is 19.3. The lowest BCUT2D eigenvalue weighted by Gasteiger charge is -2.34. The molecule has 0 unspecified atom stereocenters. The lowest BCUT2D eigenvalue weighted by Crippen LogP contribution is -2.54. The molecule has 3 rings (SSSR count). The quantitative estimate of drug-likeness (QED) is 0.799.